The number of benzene rings is 4. The Hall–Kier alpha value is -6.82. The zero-order valence-electron chi connectivity index (χ0n) is 30.0. The van der Waals surface area contributed by atoms with Crippen LogP contribution >= 0.6 is 0 Å². The number of likely N-dealkylation sites (tertiary alicyclic amines) is 1. The molecule has 55 heavy (non-hydrogen) atoms. The van der Waals surface area contributed by atoms with Gasteiger partial charge in [-0.1, -0.05) is 74.5 Å². The summed E-state index contributed by atoms with van der Waals surface area (Å²) in [6, 6.07) is 26.7. The second-order valence-corrected chi connectivity index (χ2v) is 14.6. The van der Waals surface area contributed by atoms with E-state index in [1.165, 1.54) is 0 Å². The topological polar surface area (TPSA) is 150 Å². The van der Waals surface area contributed by atoms with Crippen molar-refractivity contribution in [3.05, 3.63) is 153 Å². The smallest absolute Gasteiger partial charge is 0.263 e. The Morgan fingerprint density at radius 2 is 0.800 bits per heavy atom. The molecule has 0 unspecified atom stereocenters. The Bertz CT molecular complexity index is 2260. The molecule has 1 saturated heterocycles. The molecule has 4 aliphatic heterocycles. The fourth-order valence-corrected chi connectivity index (χ4v) is 7.50. The average Bonchev–Trinajstić information content (AvgIpc) is 3.83. The van der Waals surface area contributed by atoms with Crippen LogP contribution in [-0.4, -0.2) is 80.2 Å². The molecule has 0 aromatic heterocycles. The van der Waals surface area contributed by atoms with E-state index in [-0.39, 0.29) is 59.0 Å². The molecule has 0 saturated carbocycles. The van der Waals surface area contributed by atoms with E-state index in [1.807, 2.05) is 30.3 Å². The fraction of sp³-hybridized carbons (Fsp3) is 0.209. The monoisotopic (exact) mass is 734 g/mol. The van der Waals surface area contributed by atoms with E-state index in [0.717, 1.165) is 65.1 Å². The molecule has 274 valence electrons. The van der Waals surface area contributed by atoms with E-state index in [0.29, 0.717) is 12.8 Å². The van der Waals surface area contributed by atoms with Crippen molar-refractivity contribution in [2.45, 2.75) is 44.9 Å². The molecule has 0 atom stereocenters. The number of rotatable bonds is 10. The summed E-state index contributed by atoms with van der Waals surface area (Å²) in [5, 5.41) is 0. The van der Waals surface area contributed by atoms with Gasteiger partial charge in [-0.3, -0.25) is 58.0 Å². The standard InChI is InChI=1S/C43H34N4O8/c1-43(2,29-9-3-25(4-10-29)19-27-7-13-31-33(21-27)41(54)46(39(31)52)23-44-35(48)15-16-36(44)49)30-11-5-26(6-12-30)20-28-8-14-32-34(22-28)42(55)47(40(32)53)24-45-37(50)17-18-38(45)51/h3-16,21-22H,17-20,23-24H2,1-2H3. The van der Waals surface area contributed by atoms with Crippen molar-refractivity contribution in [3.8, 4) is 0 Å². The Balaban J connectivity index is 0.908. The Morgan fingerprint density at radius 1 is 0.436 bits per heavy atom. The summed E-state index contributed by atoms with van der Waals surface area (Å²) >= 11 is 0. The minimum atomic E-state index is -0.568. The summed E-state index contributed by atoms with van der Waals surface area (Å²) in [5.74, 6) is -4.04. The van der Waals surface area contributed by atoms with Crippen LogP contribution in [0.4, 0.5) is 0 Å². The first-order chi connectivity index (χ1) is 26.3. The number of hydrogen-bond donors (Lipinski definition) is 0. The number of carbonyl (C=O) groups is 8. The van der Waals surface area contributed by atoms with Crippen molar-refractivity contribution in [1.82, 2.24) is 19.6 Å². The first-order valence-electron chi connectivity index (χ1n) is 17.8. The second kappa shape index (κ2) is 13.2. The molecule has 4 heterocycles. The molecule has 12 heteroatoms. The SMILES string of the molecule is CC(C)(c1ccc(Cc2ccc3c(c2)C(=O)N(CN2C(=O)C=CC2=O)C3=O)cc1)c1ccc(Cc2ccc3c(c2)C(=O)N(CN2C(=O)CCC2=O)C3=O)cc1. The lowest BCUT2D eigenvalue weighted by Crippen LogP contribution is -2.43. The van der Waals surface area contributed by atoms with E-state index in [9.17, 15) is 38.4 Å². The molecular weight excluding hydrogens is 700 g/mol. The van der Waals surface area contributed by atoms with E-state index < -0.39 is 42.1 Å². The third kappa shape index (κ3) is 6.15. The lowest BCUT2D eigenvalue weighted by Gasteiger charge is -2.26. The van der Waals surface area contributed by atoms with Gasteiger partial charge in [-0.2, -0.15) is 0 Å². The number of hydrogen-bond acceptors (Lipinski definition) is 8. The predicted molar refractivity (Wildman–Crippen MR) is 196 cm³/mol. The summed E-state index contributed by atoms with van der Waals surface area (Å²) in [6.07, 6.45) is 3.44. The number of fused-ring (bicyclic) bond motifs is 2. The fourth-order valence-electron chi connectivity index (χ4n) is 7.50. The normalized spacial score (nSPS) is 16.8. The van der Waals surface area contributed by atoms with Gasteiger partial charge in [0.25, 0.3) is 35.4 Å². The highest BCUT2D eigenvalue weighted by Gasteiger charge is 2.41. The van der Waals surface area contributed by atoms with Gasteiger partial charge in [-0.05, 0) is 70.5 Å². The van der Waals surface area contributed by atoms with Gasteiger partial charge in [-0.15, -0.1) is 0 Å². The second-order valence-electron chi connectivity index (χ2n) is 14.6. The van der Waals surface area contributed by atoms with Crippen LogP contribution < -0.4 is 0 Å². The van der Waals surface area contributed by atoms with Crippen molar-refractivity contribution in [1.29, 1.82) is 0 Å². The van der Waals surface area contributed by atoms with E-state index >= 15 is 0 Å². The molecule has 12 nitrogen and oxygen atoms in total. The van der Waals surface area contributed by atoms with E-state index in [4.69, 9.17) is 0 Å². The molecule has 8 rings (SSSR count). The molecule has 4 aromatic carbocycles. The van der Waals surface area contributed by atoms with Crippen molar-refractivity contribution in [2.24, 2.45) is 0 Å². The van der Waals surface area contributed by atoms with Crippen LogP contribution in [0.15, 0.2) is 97.1 Å². The Kier molecular flexibility index (Phi) is 8.48. The van der Waals surface area contributed by atoms with Gasteiger partial charge in [0.1, 0.15) is 13.3 Å². The van der Waals surface area contributed by atoms with Crippen molar-refractivity contribution in [3.63, 3.8) is 0 Å². The molecule has 1 fully saturated rings. The quantitative estimate of drug-likeness (QED) is 0.218. The number of imide groups is 4. The molecule has 4 aliphatic rings. The van der Waals surface area contributed by atoms with Crippen molar-refractivity contribution < 1.29 is 38.4 Å². The molecule has 0 radical (unpaired) electrons. The maximum atomic E-state index is 13.2. The lowest BCUT2D eigenvalue weighted by atomic mass is 9.77. The maximum absolute atomic E-state index is 13.2. The molecule has 4 aromatic rings. The molecule has 0 bridgehead atoms. The summed E-state index contributed by atoms with van der Waals surface area (Å²) in [5.41, 5.74) is 6.57. The summed E-state index contributed by atoms with van der Waals surface area (Å²) in [7, 11) is 0. The summed E-state index contributed by atoms with van der Waals surface area (Å²) in [6.45, 7) is 3.49. The van der Waals surface area contributed by atoms with Crippen LogP contribution in [0.25, 0.3) is 0 Å². The van der Waals surface area contributed by atoms with Crippen LogP contribution in [0.2, 0.25) is 0 Å². The zero-order valence-corrected chi connectivity index (χ0v) is 30.0. The highest BCUT2D eigenvalue weighted by molar-refractivity contribution is 6.23. The predicted octanol–water partition coefficient (Wildman–Crippen LogP) is 4.38. The van der Waals surface area contributed by atoms with Gasteiger partial charge >= 0.3 is 0 Å². The Morgan fingerprint density at radius 3 is 1.22 bits per heavy atom. The Labute approximate surface area is 315 Å². The maximum Gasteiger partial charge on any atom is 0.263 e. The number of nitrogens with zero attached hydrogens (tertiary/aromatic N) is 4. The van der Waals surface area contributed by atoms with Gasteiger partial charge in [0.2, 0.25) is 11.8 Å². The lowest BCUT2D eigenvalue weighted by molar-refractivity contribution is -0.140. The number of carbonyl (C=O) groups excluding carboxylic acids is 8. The van der Waals surface area contributed by atoms with Crippen LogP contribution in [0.5, 0.6) is 0 Å². The van der Waals surface area contributed by atoms with Gasteiger partial charge < -0.3 is 0 Å². The van der Waals surface area contributed by atoms with Crippen LogP contribution in [-0.2, 0) is 37.4 Å². The summed E-state index contributed by atoms with van der Waals surface area (Å²) in [4.78, 5) is 104. The van der Waals surface area contributed by atoms with Gasteiger partial charge in [0, 0.05) is 30.4 Å². The third-order valence-corrected chi connectivity index (χ3v) is 10.9. The van der Waals surface area contributed by atoms with Crippen LogP contribution in [0.3, 0.4) is 0 Å². The molecule has 0 aliphatic carbocycles. The minimum absolute atomic E-state index is 0.0818. The molecular formula is C43H34N4O8. The van der Waals surface area contributed by atoms with Gasteiger partial charge in [-0.25, -0.2) is 0 Å². The summed E-state index contributed by atoms with van der Waals surface area (Å²) < 4.78 is 0. The van der Waals surface area contributed by atoms with Crippen molar-refractivity contribution >= 4 is 47.3 Å². The van der Waals surface area contributed by atoms with E-state index in [2.05, 4.69) is 38.1 Å². The van der Waals surface area contributed by atoms with Crippen molar-refractivity contribution in [2.75, 3.05) is 13.3 Å². The molecule has 0 N–H and O–H groups in total. The largest absolute Gasteiger partial charge is 0.274 e. The molecule has 0 spiro atoms. The van der Waals surface area contributed by atoms with Crippen LogP contribution in [0.1, 0.15) is 102 Å². The highest BCUT2D eigenvalue weighted by Crippen LogP contribution is 2.33. The zero-order chi connectivity index (χ0) is 38.8. The van der Waals surface area contributed by atoms with Crippen LogP contribution in [0, 0.1) is 0 Å². The van der Waals surface area contributed by atoms with Gasteiger partial charge in [0.15, 0.2) is 0 Å². The average molecular weight is 735 g/mol. The first kappa shape index (κ1) is 35.2. The van der Waals surface area contributed by atoms with E-state index in [1.54, 1.807) is 30.3 Å². The van der Waals surface area contributed by atoms with Gasteiger partial charge in [0.05, 0.1) is 22.3 Å². The highest BCUT2D eigenvalue weighted by atomic mass is 16.2. The minimum Gasteiger partial charge on any atom is -0.274 e. The molecule has 8 amide bonds. The number of amides is 8. The first-order valence-corrected chi connectivity index (χ1v) is 17.8. The third-order valence-electron chi connectivity index (χ3n) is 10.9.